The first kappa shape index (κ1) is 23.9. The van der Waals surface area contributed by atoms with Crippen LogP contribution in [-0.4, -0.2) is 37.6 Å². The highest BCUT2D eigenvalue weighted by Crippen LogP contribution is 2.44. The average molecular weight is 474 g/mol. The van der Waals surface area contributed by atoms with Crippen LogP contribution in [0.3, 0.4) is 0 Å². The van der Waals surface area contributed by atoms with E-state index in [1.807, 2.05) is 37.3 Å². The van der Waals surface area contributed by atoms with Gasteiger partial charge in [0.1, 0.15) is 23.0 Å². The van der Waals surface area contributed by atoms with Crippen molar-refractivity contribution in [3.63, 3.8) is 0 Å². The van der Waals surface area contributed by atoms with E-state index in [0.717, 1.165) is 6.42 Å². The van der Waals surface area contributed by atoms with Gasteiger partial charge in [0.25, 0.3) is 11.7 Å². The standard InChI is InChI=1S/C28H27NO6/c1-4-15-35-21-12-8-11-19(16-21)29-25(18-9-6-5-7-10-18)24(27(31)28(29)32)26(30)22-14-13-20(33-2)17-23(22)34-3/h5-14,16-17,25,30H,4,15H2,1-3H3/b26-24-. The molecule has 7 heteroatoms. The number of hydrogen-bond acceptors (Lipinski definition) is 6. The fourth-order valence-electron chi connectivity index (χ4n) is 4.13. The molecule has 0 aliphatic carbocycles. The number of ketones is 1. The molecule has 7 nitrogen and oxygen atoms in total. The van der Waals surface area contributed by atoms with Gasteiger partial charge in [0.2, 0.25) is 0 Å². The van der Waals surface area contributed by atoms with Crippen LogP contribution in [-0.2, 0) is 9.59 Å². The van der Waals surface area contributed by atoms with E-state index in [1.165, 1.54) is 19.1 Å². The zero-order valence-electron chi connectivity index (χ0n) is 19.9. The van der Waals surface area contributed by atoms with E-state index in [1.54, 1.807) is 42.5 Å². The Morgan fingerprint density at radius 2 is 1.69 bits per heavy atom. The Balaban J connectivity index is 1.90. The molecule has 0 spiro atoms. The van der Waals surface area contributed by atoms with Gasteiger partial charge < -0.3 is 19.3 Å². The molecule has 1 amide bonds. The fraction of sp³-hybridized carbons (Fsp3) is 0.214. The number of carbonyl (C=O) groups excluding carboxylic acids is 2. The largest absolute Gasteiger partial charge is 0.507 e. The zero-order valence-corrected chi connectivity index (χ0v) is 19.9. The van der Waals surface area contributed by atoms with Gasteiger partial charge in [-0.05, 0) is 36.2 Å². The van der Waals surface area contributed by atoms with Gasteiger partial charge in [-0.15, -0.1) is 0 Å². The third-order valence-electron chi connectivity index (χ3n) is 5.79. The van der Waals surface area contributed by atoms with E-state index in [4.69, 9.17) is 14.2 Å². The first-order valence-electron chi connectivity index (χ1n) is 11.3. The number of anilines is 1. The molecule has 3 aromatic rings. The van der Waals surface area contributed by atoms with Crippen molar-refractivity contribution in [3.8, 4) is 17.2 Å². The van der Waals surface area contributed by atoms with Crippen molar-refractivity contribution in [1.82, 2.24) is 0 Å². The van der Waals surface area contributed by atoms with Gasteiger partial charge in [-0.2, -0.15) is 0 Å². The van der Waals surface area contributed by atoms with Crippen LogP contribution in [0.5, 0.6) is 17.2 Å². The molecule has 1 N–H and O–H groups in total. The summed E-state index contributed by atoms with van der Waals surface area (Å²) in [5, 5.41) is 11.4. The summed E-state index contributed by atoms with van der Waals surface area (Å²) in [6.45, 7) is 2.53. The molecule has 0 saturated carbocycles. The Labute approximate surface area is 204 Å². The number of aliphatic hydroxyl groups excluding tert-OH is 1. The van der Waals surface area contributed by atoms with E-state index in [9.17, 15) is 14.7 Å². The summed E-state index contributed by atoms with van der Waals surface area (Å²) in [6.07, 6.45) is 0.836. The zero-order chi connectivity index (χ0) is 24.9. The molecule has 1 aliphatic heterocycles. The van der Waals surface area contributed by atoms with Crippen LogP contribution in [0.2, 0.25) is 0 Å². The molecule has 1 atom stereocenters. The molecule has 35 heavy (non-hydrogen) atoms. The van der Waals surface area contributed by atoms with Crippen molar-refractivity contribution in [3.05, 3.63) is 89.5 Å². The van der Waals surface area contributed by atoms with Gasteiger partial charge in [-0.1, -0.05) is 43.3 Å². The Morgan fingerprint density at radius 1 is 0.914 bits per heavy atom. The normalized spacial score (nSPS) is 16.9. The van der Waals surface area contributed by atoms with E-state index in [-0.39, 0.29) is 16.9 Å². The number of rotatable bonds is 8. The van der Waals surface area contributed by atoms with Crippen LogP contribution in [0.4, 0.5) is 5.69 Å². The predicted octanol–water partition coefficient (Wildman–Crippen LogP) is 5.12. The molecular formula is C28H27NO6. The maximum atomic E-state index is 13.4. The van der Waals surface area contributed by atoms with Crippen LogP contribution in [0, 0.1) is 0 Å². The van der Waals surface area contributed by atoms with E-state index in [0.29, 0.717) is 35.1 Å². The molecule has 1 heterocycles. The van der Waals surface area contributed by atoms with Crippen molar-refractivity contribution in [2.45, 2.75) is 19.4 Å². The highest BCUT2D eigenvalue weighted by atomic mass is 16.5. The van der Waals surface area contributed by atoms with Gasteiger partial charge in [-0.25, -0.2) is 0 Å². The van der Waals surface area contributed by atoms with Crippen molar-refractivity contribution in [1.29, 1.82) is 0 Å². The molecule has 0 radical (unpaired) electrons. The molecule has 1 unspecified atom stereocenters. The summed E-state index contributed by atoms with van der Waals surface area (Å²) in [6, 6.07) is 20.2. The molecule has 1 fully saturated rings. The van der Waals surface area contributed by atoms with E-state index >= 15 is 0 Å². The summed E-state index contributed by atoms with van der Waals surface area (Å²) in [7, 11) is 2.98. The fourth-order valence-corrected chi connectivity index (χ4v) is 4.13. The lowest BCUT2D eigenvalue weighted by atomic mass is 9.95. The summed E-state index contributed by atoms with van der Waals surface area (Å²) in [5.41, 5.74) is 1.44. The Morgan fingerprint density at radius 3 is 2.37 bits per heavy atom. The molecule has 1 aliphatic rings. The second-order valence-electron chi connectivity index (χ2n) is 7.99. The highest BCUT2D eigenvalue weighted by molar-refractivity contribution is 6.51. The summed E-state index contributed by atoms with van der Waals surface area (Å²) in [5.74, 6) is -0.403. The minimum absolute atomic E-state index is 0.0236. The van der Waals surface area contributed by atoms with Crippen LogP contribution < -0.4 is 19.1 Å². The first-order valence-corrected chi connectivity index (χ1v) is 11.3. The number of nitrogens with zero attached hydrogens (tertiary/aromatic N) is 1. The second-order valence-corrected chi connectivity index (χ2v) is 7.99. The van der Waals surface area contributed by atoms with Gasteiger partial charge in [0.05, 0.1) is 38.0 Å². The Hall–Kier alpha value is -4.26. The molecule has 0 aromatic heterocycles. The third kappa shape index (κ3) is 4.57. The number of carbonyl (C=O) groups is 2. The first-order chi connectivity index (χ1) is 17.0. The molecule has 180 valence electrons. The lowest BCUT2D eigenvalue weighted by molar-refractivity contribution is -0.132. The third-order valence-corrected chi connectivity index (χ3v) is 5.79. The van der Waals surface area contributed by atoms with Gasteiger partial charge in [0.15, 0.2) is 0 Å². The summed E-state index contributed by atoms with van der Waals surface area (Å²) >= 11 is 0. The van der Waals surface area contributed by atoms with Crippen LogP contribution >= 0.6 is 0 Å². The number of Topliss-reactive ketones (excluding diaryl/α,β-unsaturated/α-hetero) is 1. The second kappa shape index (κ2) is 10.3. The number of ether oxygens (including phenoxy) is 3. The number of amides is 1. The van der Waals surface area contributed by atoms with Crippen LogP contribution in [0.1, 0.15) is 30.5 Å². The topological polar surface area (TPSA) is 85.3 Å². The Kier molecular flexibility index (Phi) is 7.06. The smallest absolute Gasteiger partial charge is 0.300 e. The predicted molar refractivity (Wildman–Crippen MR) is 133 cm³/mol. The maximum absolute atomic E-state index is 13.4. The van der Waals surface area contributed by atoms with Crippen LogP contribution in [0.15, 0.2) is 78.4 Å². The maximum Gasteiger partial charge on any atom is 0.300 e. The van der Waals surface area contributed by atoms with Gasteiger partial charge in [0, 0.05) is 17.8 Å². The van der Waals surface area contributed by atoms with Crippen molar-refractivity contribution < 1.29 is 28.9 Å². The van der Waals surface area contributed by atoms with Crippen LogP contribution in [0.25, 0.3) is 5.76 Å². The number of hydrogen-bond donors (Lipinski definition) is 1. The number of benzene rings is 3. The van der Waals surface area contributed by atoms with E-state index < -0.39 is 17.7 Å². The minimum atomic E-state index is -0.843. The van der Waals surface area contributed by atoms with Crippen molar-refractivity contribution in [2.75, 3.05) is 25.7 Å². The average Bonchev–Trinajstić information content (AvgIpc) is 3.17. The summed E-state index contributed by atoms with van der Waals surface area (Å²) in [4.78, 5) is 28.1. The minimum Gasteiger partial charge on any atom is -0.507 e. The quantitative estimate of drug-likeness (QED) is 0.278. The lowest BCUT2D eigenvalue weighted by Gasteiger charge is -2.26. The Bertz CT molecular complexity index is 1270. The van der Waals surface area contributed by atoms with Crippen molar-refractivity contribution in [2.24, 2.45) is 0 Å². The highest BCUT2D eigenvalue weighted by Gasteiger charge is 2.47. The van der Waals surface area contributed by atoms with Gasteiger partial charge >= 0.3 is 0 Å². The SMILES string of the molecule is CCCOc1cccc(N2C(=O)C(=O)/C(=C(\O)c3ccc(OC)cc3OC)C2c2ccccc2)c1. The van der Waals surface area contributed by atoms with E-state index in [2.05, 4.69) is 0 Å². The molecule has 0 bridgehead atoms. The molecule has 4 rings (SSSR count). The van der Waals surface area contributed by atoms with Crippen molar-refractivity contribution >= 4 is 23.1 Å². The molecule has 3 aromatic carbocycles. The van der Waals surface area contributed by atoms with Gasteiger partial charge in [-0.3, -0.25) is 14.5 Å². The lowest BCUT2D eigenvalue weighted by Crippen LogP contribution is -2.29. The molecular weight excluding hydrogens is 446 g/mol. The molecule has 1 saturated heterocycles. The number of methoxy groups -OCH3 is 2. The summed E-state index contributed by atoms with van der Waals surface area (Å²) < 4.78 is 16.4. The number of aliphatic hydroxyl groups is 1. The monoisotopic (exact) mass is 473 g/mol.